The Kier molecular flexibility index (Phi) is 7.32. The number of ether oxygens (including phenoxy) is 2. The maximum atomic E-state index is 12.2. The van der Waals surface area contributed by atoms with Crippen LogP contribution in [0, 0.1) is 5.92 Å². The van der Waals surface area contributed by atoms with Gasteiger partial charge in [0.1, 0.15) is 17.2 Å². The number of carbonyl (C=O) groups excluding carboxylic acids is 1. The first-order valence-corrected chi connectivity index (χ1v) is 11.6. The molecule has 8 heteroatoms. The fraction of sp³-hybridized carbons (Fsp3) is 0.435. The van der Waals surface area contributed by atoms with E-state index in [0.29, 0.717) is 30.3 Å². The highest BCUT2D eigenvalue weighted by Crippen LogP contribution is 2.32. The van der Waals surface area contributed by atoms with Gasteiger partial charge in [0.15, 0.2) is 5.13 Å². The molecule has 0 atom stereocenters. The van der Waals surface area contributed by atoms with Crippen molar-refractivity contribution in [1.82, 2.24) is 15.3 Å². The van der Waals surface area contributed by atoms with E-state index in [4.69, 9.17) is 14.5 Å². The average molecular weight is 441 g/mol. The Morgan fingerprint density at radius 1 is 1.16 bits per heavy atom. The van der Waals surface area contributed by atoms with E-state index in [0.717, 1.165) is 27.8 Å². The molecule has 0 saturated heterocycles. The molecule has 1 aromatic carbocycles. The van der Waals surface area contributed by atoms with Crippen LogP contribution in [0.25, 0.3) is 10.2 Å². The first-order chi connectivity index (χ1) is 15.2. The summed E-state index contributed by atoms with van der Waals surface area (Å²) in [5.41, 5.74) is 1.26. The minimum atomic E-state index is -0.255. The predicted molar refractivity (Wildman–Crippen MR) is 123 cm³/mol. The van der Waals surface area contributed by atoms with E-state index in [9.17, 15) is 4.79 Å². The number of thiazole rings is 1. The summed E-state index contributed by atoms with van der Waals surface area (Å²) in [6.45, 7) is 1.88. The van der Waals surface area contributed by atoms with Crippen LogP contribution in [-0.2, 0) is 4.74 Å². The van der Waals surface area contributed by atoms with Gasteiger partial charge in [0.05, 0.1) is 16.8 Å². The zero-order chi connectivity index (χ0) is 21.5. The number of rotatable bonds is 9. The third kappa shape index (κ3) is 5.92. The van der Waals surface area contributed by atoms with E-state index in [1.54, 1.807) is 36.8 Å². The van der Waals surface area contributed by atoms with Gasteiger partial charge < -0.3 is 20.1 Å². The smallest absolute Gasteiger partial charge is 0.270 e. The molecule has 2 aromatic heterocycles. The molecule has 164 valence electrons. The molecule has 31 heavy (non-hydrogen) atoms. The Morgan fingerprint density at radius 3 is 2.84 bits per heavy atom. The third-order valence-corrected chi connectivity index (χ3v) is 6.39. The van der Waals surface area contributed by atoms with E-state index < -0.39 is 0 Å². The Balaban J connectivity index is 1.39. The molecule has 1 fully saturated rings. The number of carbonyl (C=O) groups is 1. The standard InChI is InChI=1S/C23H28N4O3S/c1-29-12-11-25-22(28)20-13-18(9-10-24-20)30-17-7-8-19-21(14-17)31-23(27-19)26-15-16-5-3-2-4-6-16/h7-10,13-14,16H,2-6,11-12,15H2,1H3,(H,25,28)(H,26,27). The van der Waals surface area contributed by atoms with Gasteiger partial charge in [0.25, 0.3) is 5.91 Å². The summed E-state index contributed by atoms with van der Waals surface area (Å²) in [7, 11) is 1.59. The molecular weight excluding hydrogens is 412 g/mol. The molecule has 0 radical (unpaired) electrons. The molecule has 1 aliphatic rings. The fourth-order valence-electron chi connectivity index (χ4n) is 3.76. The van der Waals surface area contributed by atoms with Gasteiger partial charge in [0.2, 0.25) is 0 Å². The summed E-state index contributed by atoms with van der Waals surface area (Å²) >= 11 is 1.64. The number of nitrogens with one attached hydrogen (secondary N) is 2. The van der Waals surface area contributed by atoms with Gasteiger partial charge >= 0.3 is 0 Å². The number of methoxy groups -OCH3 is 1. The number of aromatic nitrogens is 2. The Hall–Kier alpha value is -2.71. The fourth-order valence-corrected chi connectivity index (χ4v) is 4.66. The van der Waals surface area contributed by atoms with Crippen LogP contribution in [0.4, 0.5) is 5.13 Å². The summed E-state index contributed by atoms with van der Waals surface area (Å²) in [4.78, 5) is 21.0. The van der Waals surface area contributed by atoms with Crippen molar-refractivity contribution in [2.24, 2.45) is 5.92 Å². The molecule has 0 unspecified atom stereocenters. The first-order valence-electron chi connectivity index (χ1n) is 10.8. The van der Waals surface area contributed by atoms with Crippen LogP contribution >= 0.6 is 11.3 Å². The lowest BCUT2D eigenvalue weighted by atomic mass is 9.89. The van der Waals surface area contributed by atoms with Crippen LogP contribution in [0.2, 0.25) is 0 Å². The van der Waals surface area contributed by atoms with Gasteiger partial charge in [-0.1, -0.05) is 30.6 Å². The monoisotopic (exact) mass is 440 g/mol. The van der Waals surface area contributed by atoms with Crippen LogP contribution in [0.5, 0.6) is 11.5 Å². The van der Waals surface area contributed by atoms with Crippen molar-refractivity contribution in [3.8, 4) is 11.5 Å². The highest BCUT2D eigenvalue weighted by molar-refractivity contribution is 7.22. The molecule has 0 spiro atoms. The number of hydrogen-bond donors (Lipinski definition) is 2. The number of anilines is 1. The molecule has 0 bridgehead atoms. The summed E-state index contributed by atoms with van der Waals surface area (Å²) in [5, 5.41) is 7.23. The molecule has 1 aliphatic carbocycles. The van der Waals surface area contributed by atoms with Crippen LogP contribution in [0.15, 0.2) is 36.5 Å². The van der Waals surface area contributed by atoms with Crippen molar-refractivity contribution in [3.63, 3.8) is 0 Å². The van der Waals surface area contributed by atoms with Crippen molar-refractivity contribution in [3.05, 3.63) is 42.2 Å². The second-order valence-electron chi connectivity index (χ2n) is 7.76. The van der Waals surface area contributed by atoms with Gasteiger partial charge in [-0.25, -0.2) is 4.98 Å². The highest BCUT2D eigenvalue weighted by atomic mass is 32.1. The van der Waals surface area contributed by atoms with Gasteiger partial charge in [-0.3, -0.25) is 9.78 Å². The molecular formula is C23H28N4O3S. The lowest BCUT2D eigenvalue weighted by Crippen LogP contribution is -2.27. The third-order valence-electron chi connectivity index (χ3n) is 5.42. The lowest BCUT2D eigenvalue weighted by Gasteiger charge is -2.21. The zero-order valence-electron chi connectivity index (χ0n) is 17.7. The second kappa shape index (κ2) is 10.5. The van der Waals surface area contributed by atoms with Crippen LogP contribution in [0.3, 0.4) is 0 Å². The topological polar surface area (TPSA) is 85.4 Å². The van der Waals surface area contributed by atoms with Gasteiger partial charge in [-0.05, 0) is 37.0 Å². The molecule has 1 amide bonds. The number of fused-ring (bicyclic) bond motifs is 1. The Bertz CT molecular complexity index is 1020. The van der Waals surface area contributed by atoms with Crippen molar-refractivity contribution in [1.29, 1.82) is 0 Å². The van der Waals surface area contributed by atoms with E-state index in [1.165, 1.54) is 32.1 Å². The number of nitrogens with zero attached hydrogens (tertiary/aromatic N) is 2. The molecule has 1 saturated carbocycles. The lowest BCUT2D eigenvalue weighted by molar-refractivity contribution is 0.0932. The van der Waals surface area contributed by atoms with E-state index >= 15 is 0 Å². The zero-order valence-corrected chi connectivity index (χ0v) is 18.5. The van der Waals surface area contributed by atoms with Gasteiger partial charge in [0, 0.05) is 38.5 Å². The molecule has 7 nitrogen and oxygen atoms in total. The quantitative estimate of drug-likeness (QED) is 0.463. The summed E-state index contributed by atoms with van der Waals surface area (Å²) in [5.74, 6) is 1.76. The minimum Gasteiger partial charge on any atom is -0.457 e. The van der Waals surface area contributed by atoms with Crippen LogP contribution in [0.1, 0.15) is 42.6 Å². The molecule has 3 aromatic rings. The summed E-state index contributed by atoms with van der Waals surface area (Å²) in [6, 6.07) is 9.21. The molecule has 4 rings (SSSR count). The van der Waals surface area contributed by atoms with Crippen molar-refractivity contribution in [2.45, 2.75) is 32.1 Å². The predicted octanol–water partition coefficient (Wildman–Crippen LogP) is 4.85. The van der Waals surface area contributed by atoms with Crippen molar-refractivity contribution in [2.75, 3.05) is 32.1 Å². The maximum absolute atomic E-state index is 12.2. The van der Waals surface area contributed by atoms with Crippen LogP contribution in [-0.4, -0.2) is 42.7 Å². The summed E-state index contributed by atoms with van der Waals surface area (Å²) in [6.07, 6.45) is 8.26. The van der Waals surface area contributed by atoms with E-state index in [1.807, 2.05) is 18.2 Å². The van der Waals surface area contributed by atoms with Gasteiger partial charge in [-0.2, -0.15) is 0 Å². The van der Waals surface area contributed by atoms with E-state index in [-0.39, 0.29) is 5.91 Å². The van der Waals surface area contributed by atoms with Gasteiger partial charge in [-0.15, -0.1) is 0 Å². The SMILES string of the molecule is COCCNC(=O)c1cc(Oc2ccc3nc(NCC4CCCCC4)sc3c2)ccn1. The van der Waals surface area contributed by atoms with Crippen molar-refractivity contribution >= 4 is 32.6 Å². The largest absolute Gasteiger partial charge is 0.457 e. The van der Waals surface area contributed by atoms with Crippen LogP contribution < -0.4 is 15.4 Å². The molecule has 2 heterocycles. The second-order valence-corrected chi connectivity index (χ2v) is 8.79. The number of pyridine rings is 1. The minimum absolute atomic E-state index is 0.255. The number of hydrogen-bond acceptors (Lipinski definition) is 7. The summed E-state index contributed by atoms with van der Waals surface area (Å²) < 4.78 is 12.0. The first kappa shape index (κ1) is 21.5. The maximum Gasteiger partial charge on any atom is 0.270 e. The normalized spacial score (nSPS) is 14.5. The van der Waals surface area contributed by atoms with E-state index in [2.05, 4.69) is 15.6 Å². The molecule has 2 N–H and O–H groups in total. The number of benzene rings is 1. The van der Waals surface area contributed by atoms with Crippen molar-refractivity contribution < 1.29 is 14.3 Å². The average Bonchev–Trinajstić information content (AvgIpc) is 3.21. The Morgan fingerprint density at radius 2 is 2.00 bits per heavy atom. The Labute approximate surface area is 186 Å². The number of amides is 1. The highest BCUT2D eigenvalue weighted by Gasteiger charge is 2.14. The molecule has 0 aliphatic heterocycles.